The first kappa shape index (κ1) is 19.5. The highest BCUT2D eigenvalue weighted by atomic mass is 32.2. The molecule has 1 fully saturated rings. The van der Waals surface area contributed by atoms with Gasteiger partial charge in [-0.1, -0.05) is 24.3 Å². The zero-order chi connectivity index (χ0) is 19.6. The Labute approximate surface area is 159 Å². The van der Waals surface area contributed by atoms with Crippen LogP contribution in [0.25, 0.3) is 0 Å². The Balaban J connectivity index is 1.92. The Hall–Kier alpha value is -2.22. The van der Waals surface area contributed by atoms with E-state index in [4.69, 9.17) is 9.47 Å². The SMILES string of the molecule is Cc1ccc(S(=O)(=O)N2CCOCC2)cc1C(=O)Oc1c(C)cccc1C. The van der Waals surface area contributed by atoms with E-state index in [0.717, 1.165) is 11.1 Å². The van der Waals surface area contributed by atoms with Crippen LogP contribution in [0.2, 0.25) is 0 Å². The minimum atomic E-state index is -3.68. The molecule has 0 radical (unpaired) electrons. The molecule has 0 unspecified atom stereocenters. The van der Waals surface area contributed by atoms with Gasteiger partial charge in [-0.3, -0.25) is 0 Å². The van der Waals surface area contributed by atoms with E-state index >= 15 is 0 Å². The van der Waals surface area contributed by atoms with Crippen LogP contribution in [0.5, 0.6) is 5.75 Å². The topological polar surface area (TPSA) is 72.9 Å². The first-order valence-electron chi connectivity index (χ1n) is 8.77. The Morgan fingerprint density at radius 2 is 1.63 bits per heavy atom. The third kappa shape index (κ3) is 4.05. The zero-order valence-corrected chi connectivity index (χ0v) is 16.5. The maximum Gasteiger partial charge on any atom is 0.343 e. The van der Waals surface area contributed by atoms with Crippen LogP contribution in [0.1, 0.15) is 27.0 Å². The number of benzene rings is 2. The molecular formula is C20H23NO5S. The van der Waals surface area contributed by atoms with Crippen LogP contribution >= 0.6 is 0 Å². The summed E-state index contributed by atoms with van der Waals surface area (Å²) in [7, 11) is -3.68. The van der Waals surface area contributed by atoms with Crippen molar-refractivity contribution in [2.45, 2.75) is 25.7 Å². The lowest BCUT2D eigenvalue weighted by molar-refractivity contribution is 0.0726. The van der Waals surface area contributed by atoms with E-state index in [1.54, 1.807) is 13.0 Å². The smallest absolute Gasteiger partial charge is 0.343 e. The second-order valence-electron chi connectivity index (χ2n) is 6.60. The van der Waals surface area contributed by atoms with Crippen molar-refractivity contribution in [3.05, 3.63) is 58.7 Å². The summed E-state index contributed by atoms with van der Waals surface area (Å²) in [5, 5.41) is 0. The van der Waals surface area contributed by atoms with Crippen LogP contribution in [-0.4, -0.2) is 45.0 Å². The van der Waals surface area contributed by atoms with Gasteiger partial charge >= 0.3 is 5.97 Å². The number of hydrogen-bond donors (Lipinski definition) is 0. The predicted octanol–water partition coefficient (Wildman–Crippen LogP) is 2.85. The van der Waals surface area contributed by atoms with Crippen molar-refractivity contribution in [1.82, 2.24) is 4.31 Å². The molecule has 2 aromatic rings. The molecule has 27 heavy (non-hydrogen) atoms. The molecule has 3 rings (SSSR count). The Morgan fingerprint density at radius 1 is 1.00 bits per heavy atom. The number of ether oxygens (including phenoxy) is 2. The summed E-state index contributed by atoms with van der Waals surface area (Å²) >= 11 is 0. The van der Waals surface area contributed by atoms with E-state index in [2.05, 4.69) is 0 Å². The fraction of sp³-hybridized carbons (Fsp3) is 0.350. The number of hydrogen-bond acceptors (Lipinski definition) is 5. The minimum Gasteiger partial charge on any atom is -0.422 e. The molecule has 1 aliphatic heterocycles. The van der Waals surface area contributed by atoms with Crippen LogP contribution < -0.4 is 4.74 Å². The van der Waals surface area contributed by atoms with Crippen molar-refractivity contribution in [3.8, 4) is 5.75 Å². The highest BCUT2D eigenvalue weighted by Crippen LogP contribution is 2.26. The summed E-state index contributed by atoms with van der Waals surface area (Å²) in [6.45, 7) is 6.83. The standard InChI is InChI=1S/C20H23NO5S/c1-14-7-8-17(27(23,24)21-9-11-25-12-10-21)13-18(14)20(22)26-19-15(2)5-4-6-16(19)3/h4-8,13H,9-12H2,1-3H3. The second kappa shape index (κ2) is 7.80. The monoisotopic (exact) mass is 389 g/mol. The van der Waals surface area contributed by atoms with E-state index in [1.165, 1.54) is 16.4 Å². The Morgan fingerprint density at radius 3 is 2.26 bits per heavy atom. The average molecular weight is 389 g/mol. The van der Waals surface area contributed by atoms with Crippen LogP contribution in [0.3, 0.4) is 0 Å². The molecule has 0 aromatic heterocycles. The zero-order valence-electron chi connectivity index (χ0n) is 15.7. The van der Waals surface area contributed by atoms with Crippen LogP contribution in [0.4, 0.5) is 0 Å². The third-order valence-corrected chi connectivity index (χ3v) is 6.53. The predicted molar refractivity (Wildman–Crippen MR) is 102 cm³/mol. The lowest BCUT2D eigenvalue weighted by Crippen LogP contribution is -2.40. The second-order valence-corrected chi connectivity index (χ2v) is 8.54. The summed E-state index contributed by atoms with van der Waals surface area (Å²) in [5.74, 6) is -0.0627. The van der Waals surface area contributed by atoms with Gasteiger partial charge in [-0.25, -0.2) is 13.2 Å². The maximum atomic E-state index is 12.9. The average Bonchev–Trinajstić information content (AvgIpc) is 2.65. The number of carbonyl (C=O) groups excluding carboxylic acids is 1. The van der Waals surface area contributed by atoms with Gasteiger partial charge in [0.2, 0.25) is 10.0 Å². The Bertz CT molecular complexity index is 942. The molecular weight excluding hydrogens is 366 g/mol. The van der Waals surface area contributed by atoms with E-state index in [0.29, 0.717) is 37.6 Å². The van der Waals surface area contributed by atoms with Gasteiger partial charge in [-0.15, -0.1) is 0 Å². The molecule has 0 atom stereocenters. The molecule has 1 heterocycles. The van der Waals surface area contributed by atoms with Gasteiger partial charge in [0.1, 0.15) is 5.75 Å². The van der Waals surface area contributed by atoms with E-state index < -0.39 is 16.0 Å². The van der Waals surface area contributed by atoms with Gasteiger partial charge in [-0.05, 0) is 49.6 Å². The van der Waals surface area contributed by atoms with Crippen molar-refractivity contribution in [3.63, 3.8) is 0 Å². The molecule has 2 aromatic carbocycles. The molecule has 0 aliphatic carbocycles. The van der Waals surface area contributed by atoms with Crippen LogP contribution in [0.15, 0.2) is 41.3 Å². The molecule has 0 saturated carbocycles. The summed E-state index contributed by atoms with van der Waals surface area (Å²) in [4.78, 5) is 12.8. The summed E-state index contributed by atoms with van der Waals surface area (Å²) in [6.07, 6.45) is 0. The van der Waals surface area contributed by atoms with Gasteiger partial charge in [0.25, 0.3) is 0 Å². The number of para-hydroxylation sites is 1. The number of esters is 1. The van der Waals surface area contributed by atoms with E-state index in [9.17, 15) is 13.2 Å². The normalized spacial score (nSPS) is 15.5. The van der Waals surface area contributed by atoms with Crippen LogP contribution in [-0.2, 0) is 14.8 Å². The number of morpholine rings is 1. The number of sulfonamides is 1. The molecule has 0 N–H and O–H groups in total. The summed E-state index contributed by atoms with van der Waals surface area (Å²) in [6, 6.07) is 10.2. The number of nitrogens with zero attached hydrogens (tertiary/aromatic N) is 1. The van der Waals surface area contributed by atoms with Gasteiger partial charge in [0, 0.05) is 13.1 Å². The van der Waals surface area contributed by atoms with Gasteiger partial charge in [-0.2, -0.15) is 4.31 Å². The molecule has 144 valence electrons. The first-order valence-corrected chi connectivity index (χ1v) is 10.2. The molecule has 1 aliphatic rings. The van der Waals surface area contributed by atoms with E-state index in [1.807, 2.05) is 32.0 Å². The molecule has 0 spiro atoms. The first-order chi connectivity index (χ1) is 12.8. The molecule has 6 nitrogen and oxygen atoms in total. The molecule has 7 heteroatoms. The third-order valence-electron chi connectivity index (χ3n) is 4.64. The van der Waals surface area contributed by atoms with Crippen molar-refractivity contribution in [1.29, 1.82) is 0 Å². The molecule has 0 amide bonds. The quantitative estimate of drug-likeness (QED) is 0.594. The number of carbonyl (C=O) groups is 1. The largest absolute Gasteiger partial charge is 0.422 e. The van der Waals surface area contributed by atoms with Crippen molar-refractivity contribution in [2.24, 2.45) is 0 Å². The highest BCUT2D eigenvalue weighted by molar-refractivity contribution is 7.89. The highest BCUT2D eigenvalue weighted by Gasteiger charge is 2.27. The van der Waals surface area contributed by atoms with Crippen molar-refractivity contribution in [2.75, 3.05) is 26.3 Å². The minimum absolute atomic E-state index is 0.0865. The van der Waals surface area contributed by atoms with Crippen molar-refractivity contribution < 1.29 is 22.7 Å². The van der Waals surface area contributed by atoms with Gasteiger partial charge in [0.05, 0.1) is 23.7 Å². The lowest BCUT2D eigenvalue weighted by atomic mass is 10.1. The maximum absolute atomic E-state index is 12.9. The van der Waals surface area contributed by atoms with Gasteiger partial charge in [0.15, 0.2) is 0 Å². The molecule has 0 bridgehead atoms. The Kier molecular flexibility index (Phi) is 5.64. The van der Waals surface area contributed by atoms with Crippen molar-refractivity contribution >= 4 is 16.0 Å². The lowest BCUT2D eigenvalue weighted by Gasteiger charge is -2.26. The number of rotatable bonds is 4. The van der Waals surface area contributed by atoms with E-state index in [-0.39, 0.29) is 10.5 Å². The fourth-order valence-electron chi connectivity index (χ4n) is 3.03. The number of aryl methyl sites for hydroxylation is 3. The summed E-state index contributed by atoms with van der Waals surface area (Å²) in [5.41, 5.74) is 2.59. The summed E-state index contributed by atoms with van der Waals surface area (Å²) < 4.78 is 37.9. The van der Waals surface area contributed by atoms with Crippen LogP contribution in [0, 0.1) is 20.8 Å². The fourth-order valence-corrected chi connectivity index (χ4v) is 4.46. The van der Waals surface area contributed by atoms with Gasteiger partial charge < -0.3 is 9.47 Å². The molecule has 1 saturated heterocycles.